The number of ketones is 1. The molecule has 1 amide bonds. The van der Waals surface area contributed by atoms with Crippen molar-refractivity contribution in [1.82, 2.24) is 4.57 Å². The van der Waals surface area contributed by atoms with Gasteiger partial charge in [-0.1, -0.05) is 38.1 Å². The third kappa shape index (κ3) is 5.17. The lowest BCUT2D eigenvalue weighted by Crippen LogP contribution is -2.25. The molecule has 7 heteroatoms. The summed E-state index contributed by atoms with van der Waals surface area (Å²) in [5.41, 5.74) is 7.60. The molecule has 2 rings (SSSR count). The summed E-state index contributed by atoms with van der Waals surface area (Å²) in [4.78, 5) is 35.4. The van der Waals surface area contributed by atoms with Gasteiger partial charge in [-0.25, -0.2) is 4.79 Å². The molecular weight excluding hydrogens is 384 g/mol. The molecule has 0 fully saturated rings. The van der Waals surface area contributed by atoms with Crippen molar-refractivity contribution in [2.75, 3.05) is 0 Å². The molecule has 162 valence electrons. The van der Waals surface area contributed by atoms with Gasteiger partial charge in [-0.15, -0.1) is 0 Å². The molecular formula is C23H30N2O5. The number of primary amides is 1. The Kier molecular flexibility index (Phi) is 9.05. The summed E-state index contributed by atoms with van der Waals surface area (Å²) in [6.45, 7) is 11.4. The Bertz CT molecular complexity index is 999. The van der Waals surface area contributed by atoms with Gasteiger partial charge in [-0.2, -0.15) is 0 Å². The number of amides is 1. The van der Waals surface area contributed by atoms with Gasteiger partial charge in [0.25, 0.3) is 11.7 Å². The standard InChI is InChI=1S/C21H24N2O5.C2H6/c1-5-8-14(6-2)11-23-12(3)17(19(24)20(22)25)18-15(23)9-7-10-16(18)28-13(4)21(26)27;1-2/h5-10,13H,11H2,1-4H3,(H2,22,25)(H,26,27);1-2H3/b8-5-,14-6+;. The summed E-state index contributed by atoms with van der Waals surface area (Å²) in [7, 11) is 0. The Morgan fingerprint density at radius 2 is 1.87 bits per heavy atom. The molecule has 1 aromatic heterocycles. The molecule has 7 nitrogen and oxygen atoms in total. The normalized spacial score (nSPS) is 12.4. The third-order valence-corrected chi connectivity index (χ3v) is 4.51. The largest absolute Gasteiger partial charge is 0.479 e. The van der Waals surface area contributed by atoms with Gasteiger partial charge in [0.1, 0.15) is 5.75 Å². The SMILES string of the molecule is C/C=C\C(=C/C)Cn1c(C)c(C(=O)C(N)=O)c2c(OC(C)C(=O)O)cccc21.CC. The van der Waals surface area contributed by atoms with E-state index in [4.69, 9.17) is 15.6 Å². The van der Waals surface area contributed by atoms with Crippen LogP contribution in [0.3, 0.4) is 0 Å². The summed E-state index contributed by atoms with van der Waals surface area (Å²) >= 11 is 0. The van der Waals surface area contributed by atoms with E-state index in [-0.39, 0.29) is 11.3 Å². The molecule has 0 radical (unpaired) electrons. The number of carboxylic acids is 1. The second-order valence-corrected chi connectivity index (χ2v) is 6.35. The number of benzene rings is 1. The molecule has 1 aromatic carbocycles. The number of aliphatic carboxylic acids is 1. The summed E-state index contributed by atoms with van der Waals surface area (Å²) < 4.78 is 7.45. The molecule has 0 saturated carbocycles. The van der Waals surface area contributed by atoms with Crippen LogP contribution in [0.5, 0.6) is 5.75 Å². The number of fused-ring (bicyclic) bond motifs is 1. The van der Waals surface area contributed by atoms with Gasteiger partial charge in [0.2, 0.25) is 0 Å². The first-order valence-electron chi connectivity index (χ1n) is 9.86. The highest BCUT2D eigenvalue weighted by Gasteiger charge is 2.27. The average molecular weight is 415 g/mol. The van der Waals surface area contributed by atoms with E-state index in [0.717, 1.165) is 5.57 Å². The predicted octanol–water partition coefficient (Wildman–Crippen LogP) is 4.02. The number of allylic oxidation sites excluding steroid dienone is 4. The van der Waals surface area contributed by atoms with Crippen molar-refractivity contribution in [3.8, 4) is 5.75 Å². The molecule has 0 aliphatic rings. The zero-order valence-electron chi connectivity index (χ0n) is 18.4. The van der Waals surface area contributed by atoms with Crippen LogP contribution >= 0.6 is 0 Å². The average Bonchev–Trinajstić information content (AvgIpc) is 3.00. The van der Waals surface area contributed by atoms with Crippen LogP contribution in [0.15, 0.2) is 42.0 Å². The van der Waals surface area contributed by atoms with E-state index in [0.29, 0.717) is 23.1 Å². The minimum Gasteiger partial charge on any atom is -0.479 e. The summed E-state index contributed by atoms with van der Waals surface area (Å²) in [5.74, 6) is -2.84. The maximum atomic E-state index is 12.6. The summed E-state index contributed by atoms with van der Waals surface area (Å²) in [5, 5.41) is 9.55. The number of ether oxygens (including phenoxy) is 1. The van der Waals surface area contributed by atoms with E-state index in [1.165, 1.54) is 6.92 Å². The minimum absolute atomic E-state index is 0.131. The Morgan fingerprint density at radius 3 is 2.37 bits per heavy atom. The zero-order chi connectivity index (χ0) is 23.0. The van der Waals surface area contributed by atoms with Crippen molar-refractivity contribution in [1.29, 1.82) is 0 Å². The Morgan fingerprint density at radius 1 is 1.23 bits per heavy atom. The molecule has 0 spiro atoms. The number of nitrogens with zero attached hydrogens (tertiary/aromatic N) is 1. The Labute approximate surface area is 176 Å². The maximum absolute atomic E-state index is 12.6. The van der Waals surface area contributed by atoms with Crippen LogP contribution in [0.25, 0.3) is 10.9 Å². The van der Waals surface area contributed by atoms with Gasteiger partial charge in [-0.3, -0.25) is 9.59 Å². The second kappa shape index (κ2) is 11.0. The van der Waals surface area contributed by atoms with E-state index in [2.05, 4.69) is 0 Å². The molecule has 0 saturated heterocycles. The van der Waals surface area contributed by atoms with Crippen molar-refractivity contribution in [3.05, 3.63) is 53.3 Å². The molecule has 3 N–H and O–H groups in total. The van der Waals surface area contributed by atoms with E-state index in [9.17, 15) is 14.4 Å². The second-order valence-electron chi connectivity index (χ2n) is 6.35. The number of rotatable bonds is 8. The molecule has 1 atom stereocenters. The quantitative estimate of drug-likeness (QED) is 0.385. The van der Waals surface area contributed by atoms with Crippen molar-refractivity contribution in [3.63, 3.8) is 0 Å². The predicted molar refractivity (Wildman–Crippen MR) is 118 cm³/mol. The number of carbonyl (C=O) groups is 3. The molecule has 1 unspecified atom stereocenters. The van der Waals surface area contributed by atoms with Gasteiger partial charge < -0.3 is 20.1 Å². The number of Topliss-reactive ketones (excluding diaryl/α,β-unsaturated/α-hetero) is 1. The smallest absolute Gasteiger partial charge is 0.344 e. The highest BCUT2D eigenvalue weighted by Crippen LogP contribution is 2.35. The number of nitrogens with two attached hydrogens (primary N) is 1. The zero-order valence-corrected chi connectivity index (χ0v) is 18.4. The highest BCUT2D eigenvalue weighted by molar-refractivity contribution is 6.45. The third-order valence-electron chi connectivity index (χ3n) is 4.51. The van der Waals surface area contributed by atoms with Gasteiger partial charge in [0.15, 0.2) is 6.10 Å². The monoisotopic (exact) mass is 414 g/mol. The van der Waals surface area contributed by atoms with E-state index >= 15 is 0 Å². The van der Waals surface area contributed by atoms with Crippen LogP contribution in [-0.2, 0) is 16.1 Å². The fourth-order valence-corrected chi connectivity index (χ4v) is 3.07. The molecule has 0 bridgehead atoms. The van der Waals surface area contributed by atoms with Crippen LogP contribution in [0.4, 0.5) is 0 Å². The van der Waals surface area contributed by atoms with Crippen molar-refractivity contribution in [2.24, 2.45) is 5.73 Å². The van der Waals surface area contributed by atoms with Gasteiger partial charge in [0.05, 0.1) is 16.5 Å². The molecule has 1 heterocycles. The number of carbonyl (C=O) groups excluding carboxylic acids is 2. The minimum atomic E-state index is -1.14. The van der Waals surface area contributed by atoms with Crippen molar-refractivity contribution >= 4 is 28.6 Å². The van der Waals surface area contributed by atoms with Crippen molar-refractivity contribution in [2.45, 2.75) is 54.2 Å². The first kappa shape index (κ1) is 24.7. The lowest BCUT2D eigenvalue weighted by Gasteiger charge is -2.13. The lowest BCUT2D eigenvalue weighted by molar-refractivity contribution is -0.144. The van der Waals surface area contributed by atoms with Crippen LogP contribution in [-0.4, -0.2) is 33.4 Å². The first-order valence-corrected chi connectivity index (χ1v) is 9.86. The number of carboxylic acid groups (broad SMARTS) is 1. The fourth-order valence-electron chi connectivity index (χ4n) is 3.07. The fraction of sp³-hybridized carbons (Fsp3) is 0.348. The summed E-state index contributed by atoms with van der Waals surface area (Å²) in [6.07, 6.45) is 4.69. The van der Waals surface area contributed by atoms with Crippen LogP contribution in [0.1, 0.15) is 50.7 Å². The highest BCUT2D eigenvalue weighted by atomic mass is 16.5. The van der Waals surface area contributed by atoms with E-state index in [1.807, 2.05) is 50.5 Å². The first-order chi connectivity index (χ1) is 14.2. The number of hydrogen-bond donors (Lipinski definition) is 2. The van der Waals surface area contributed by atoms with Crippen LogP contribution in [0.2, 0.25) is 0 Å². The molecule has 2 aromatic rings. The van der Waals surface area contributed by atoms with Gasteiger partial charge in [0, 0.05) is 12.2 Å². The van der Waals surface area contributed by atoms with Crippen molar-refractivity contribution < 1.29 is 24.2 Å². The Balaban J connectivity index is 0.00000218. The summed E-state index contributed by atoms with van der Waals surface area (Å²) in [6, 6.07) is 5.08. The van der Waals surface area contributed by atoms with Crippen LogP contribution in [0, 0.1) is 6.92 Å². The maximum Gasteiger partial charge on any atom is 0.344 e. The van der Waals surface area contributed by atoms with E-state index < -0.39 is 23.8 Å². The van der Waals surface area contributed by atoms with Gasteiger partial charge in [-0.05, 0) is 45.4 Å². The molecule has 30 heavy (non-hydrogen) atoms. The lowest BCUT2D eigenvalue weighted by atomic mass is 10.1. The molecule has 0 aliphatic heterocycles. The van der Waals surface area contributed by atoms with Gasteiger partial charge >= 0.3 is 5.97 Å². The number of hydrogen-bond acceptors (Lipinski definition) is 4. The number of aromatic nitrogens is 1. The topological polar surface area (TPSA) is 112 Å². The van der Waals surface area contributed by atoms with Crippen LogP contribution < -0.4 is 10.5 Å². The molecule has 0 aliphatic carbocycles. The Hall–Kier alpha value is -3.35. The van der Waals surface area contributed by atoms with E-state index in [1.54, 1.807) is 25.1 Å².